The van der Waals surface area contributed by atoms with Crippen molar-refractivity contribution in [3.8, 4) is 11.1 Å². The molecular weight excluding hydrogens is 267 g/mol. The molecule has 0 saturated heterocycles. The molecule has 0 saturated carbocycles. The summed E-state index contributed by atoms with van der Waals surface area (Å²) in [6, 6.07) is 16.2. The lowest BCUT2D eigenvalue weighted by molar-refractivity contribution is 1.61. The minimum atomic E-state index is -1.86. The summed E-state index contributed by atoms with van der Waals surface area (Å²) in [6.07, 6.45) is 1.85. The van der Waals surface area contributed by atoms with Crippen molar-refractivity contribution in [2.75, 3.05) is 0 Å². The zero-order chi connectivity index (χ0) is 12.3. The van der Waals surface area contributed by atoms with Crippen molar-refractivity contribution in [1.29, 1.82) is 0 Å². The van der Waals surface area contributed by atoms with Gasteiger partial charge in [-0.3, -0.25) is 0 Å². The second kappa shape index (κ2) is 5.54. The maximum Gasteiger partial charge on any atom is 0.267 e. The lowest BCUT2D eigenvalue weighted by Gasteiger charge is -2.11. The highest BCUT2D eigenvalue weighted by molar-refractivity contribution is 7.39. The van der Waals surface area contributed by atoms with E-state index in [0.717, 1.165) is 21.9 Å². The van der Waals surface area contributed by atoms with E-state index in [9.17, 15) is 0 Å². The lowest BCUT2D eigenvalue weighted by atomic mass is 10.00. The first-order valence-corrected chi connectivity index (χ1v) is 9.40. The fourth-order valence-electron chi connectivity index (χ4n) is 1.85. The van der Waals surface area contributed by atoms with Crippen LogP contribution in [0.1, 0.15) is 5.56 Å². The summed E-state index contributed by atoms with van der Waals surface area (Å²) in [5.41, 5.74) is 3.35. The molecule has 0 unspecified atom stereocenters. The van der Waals surface area contributed by atoms with Crippen molar-refractivity contribution in [2.45, 2.75) is 0 Å². The van der Waals surface area contributed by atoms with Crippen LogP contribution in [0.2, 0.25) is 0 Å². The monoisotopic (exact) mass is 278 g/mol. The molecule has 0 amide bonds. The van der Waals surface area contributed by atoms with Gasteiger partial charge < -0.3 is 0 Å². The van der Waals surface area contributed by atoms with E-state index in [1.165, 1.54) is 0 Å². The van der Waals surface area contributed by atoms with Crippen LogP contribution < -0.4 is 5.19 Å². The van der Waals surface area contributed by atoms with E-state index in [1.54, 1.807) is 0 Å². The first-order valence-electron chi connectivity index (χ1n) is 5.33. The third kappa shape index (κ3) is 2.63. The first kappa shape index (κ1) is 12.4. The SMILES string of the molecule is C=Cc1ccccc1-c1ccccc1[SiH](Cl)Cl. The zero-order valence-corrected chi connectivity index (χ0v) is 11.9. The van der Waals surface area contributed by atoms with Crippen molar-refractivity contribution < 1.29 is 0 Å². The molecular formula is C14H12Cl2Si. The minimum absolute atomic E-state index is 1.06. The highest BCUT2D eigenvalue weighted by Crippen LogP contribution is 2.24. The molecule has 0 nitrogen and oxygen atoms in total. The van der Waals surface area contributed by atoms with Gasteiger partial charge in [0.15, 0.2) is 0 Å². The average Bonchev–Trinajstić information content (AvgIpc) is 2.38. The van der Waals surface area contributed by atoms with Gasteiger partial charge in [0.2, 0.25) is 0 Å². The van der Waals surface area contributed by atoms with Crippen molar-refractivity contribution in [1.82, 2.24) is 0 Å². The molecule has 0 aliphatic rings. The number of benzene rings is 2. The van der Waals surface area contributed by atoms with Gasteiger partial charge in [0.25, 0.3) is 7.42 Å². The Balaban J connectivity index is 2.64. The van der Waals surface area contributed by atoms with Crippen molar-refractivity contribution in [2.24, 2.45) is 0 Å². The fourth-order valence-corrected chi connectivity index (χ4v) is 3.74. The van der Waals surface area contributed by atoms with Crippen LogP contribution in [0.5, 0.6) is 0 Å². The summed E-state index contributed by atoms with van der Waals surface area (Å²) >= 11 is 12.3. The Morgan fingerprint density at radius 1 is 0.882 bits per heavy atom. The van der Waals surface area contributed by atoms with E-state index in [-0.39, 0.29) is 0 Å². The molecule has 0 aliphatic carbocycles. The second-order valence-electron chi connectivity index (χ2n) is 3.68. The maximum absolute atomic E-state index is 6.13. The molecule has 0 N–H and O–H groups in total. The van der Waals surface area contributed by atoms with E-state index in [0.29, 0.717) is 0 Å². The van der Waals surface area contributed by atoms with Gasteiger partial charge in [-0.25, -0.2) is 0 Å². The maximum atomic E-state index is 6.13. The fraction of sp³-hybridized carbons (Fsp3) is 0. The second-order valence-corrected chi connectivity index (χ2v) is 8.19. The Bertz CT molecular complexity index is 535. The largest absolute Gasteiger partial charge is 0.267 e. The highest BCUT2D eigenvalue weighted by atomic mass is 35.7. The molecule has 17 heavy (non-hydrogen) atoms. The molecule has 0 bridgehead atoms. The predicted molar refractivity (Wildman–Crippen MR) is 80.5 cm³/mol. The molecule has 2 aromatic carbocycles. The summed E-state index contributed by atoms with van der Waals surface area (Å²) in [7, 11) is -1.86. The molecule has 2 aromatic rings. The third-order valence-electron chi connectivity index (χ3n) is 2.67. The van der Waals surface area contributed by atoms with Gasteiger partial charge in [0.05, 0.1) is 0 Å². The van der Waals surface area contributed by atoms with Crippen LogP contribution in [0, 0.1) is 0 Å². The van der Waals surface area contributed by atoms with E-state index >= 15 is 0 Å². The highest BCUT2D eigenvalue weighted by Gasteiger charge is 2.13. The van der Waals surface area contributed by atoms with Crippen molar-refractivity contribution >= 4 is 40.8 Å². The van der Waals surface area contributed by atoms with Crippen LogP contribution in [-0.2, 0) is 0 Å². The van der Waals surface area contributed by atoms with Crippen LogP contribution in [0.4, 0.5) is 0 Å². The summed E-state index contributed by atoms with van der Waals surface area (Å²) < 4.78 is 0. The summed E-state index contributed by atoms with van der Waals surface area (Å²) in [5, 5.41) is 1.06. The Morgan fingerprint density at radius 3 is 2.12 bits per heavy atom. The minimum Gasteiger partial charge on any atom is -0.144 e. The number of hydrogen-bond donors (Lipinski definition) is 0. The van der Waals surface area contributed by atoms with Crippen LogP contribution in [0.15, 0.2) is 55.1 Å². The lowest BCUT2D eigenvalue weighted by Crippen LogP contribution is -2.20. The number of rotatable bonds is 3. The van der Waals surface area contributed by atoms with Gasteiger partial charge >= 0.3 is 0 Å². The first-order chi connectivity index (χ1) is 8.24. The number of hydrogen-bond acceptors (Lipinski definition) is 0. The predicted octanol–water partition coefficient (Wildman–Crippen LogP) is 3.90. The topological polar surface area (TPSA) is 0 Å². The molecule has 0 aromatic heterocycles. The van der Waals surface area contributed by atoms with Gasteiger partial charge in [-0.15, -0.1) is 22.2 Å². The molecule has 3 heteroatoms. The van der Waals surface area contributed by atoms with Crippen molar-refractivity contribution in [3.05, 3.63) is 60.7 Å². The third-order valence-corrected chi connectivity index (χ3v) is 5.05. The summed E-state index contributed by atoms with van der Waals surface area (Å²) in [5.74, 6) is 0. The smallest absolute Gasteiger partial charge is 0.144 e. The van der Waals surface area contributed by atoms with Crippen LogP contribution in [-0.4, -0.2) is 7.42 Å². The van der Waals surface area contributed by atoms with E-state index in [2.05, 4.69) is 18.7 Å². The molecule has 0 fully saturated rings. The summed E-state index contributed by atoms with van der Waals surface area (Å²) in [4.78, 5) is 0. The normalized spacial score (nSPS) is 10.5. The van der Waals surface area contributed by atoms with Gasteiger partial charge in [0, 0.05) is 0 Å². The van der Waals surface area contributed by atoms with E-state index < -0.39 is 7.42 Å². The molecule has 2 rings (SSSR count). The van der Waals surface area contributed by atoms with Gasteiger partial charge in [-0.2, -0.15) is 0 Å². The van der Waals surface area contributed by atoms with Crippen LogP contribution >= 0.6 is 22.2 Å². The Hall–Kier alpha value is -1.02. The number of halogens is 2. The Labute approximate surface area is 113 Å². The molecule has 0 heterocycles. The van der Waals surface area contributed by atoms with Crippen LogP contribution in [0.3, 0.4) is 0 Å². The molecule has 0 atom stereocenters. The quantitative estimate of drug-likeness (QED) is 0.590. The zero-order valence-electron chi connectivity index (χ0n) is 9.24. The average molecular weight is 279 g/mol. The van der Waals surface area contributed by atoms with Gasteiger partial charge in [0.1, 0.15) is 0 Å². The molecule has 0 aliphatic heterocycles. The standard InChI is InChI=1S/C14H12Cl2Si/c1-2-11-7-3-4-8-12(11)13-9-5-6-10-14(13)17(15)16/h2-10,17H,1H2. The van der Waals surface area contributed by atoms with E-state index in [1.807, 2.05) is 42.5 Å². The molecule has 0 spiro atoms. The van der Waals surface area contributed by atoms with E-state index in [4.69, 9.17) is 22.2 Å². The molecule has 0 radical (unpaired) electrons. The van der Waals surface area contributed by atoms with Crippen molar-refractivity contribution in [3.63, 3.8) is 0 Å². The van der Waals surface area contributed by atoms with Crippen LogP contribution in [0.25, 0.3) is 17.2 Å². The van der Waals surface area contributed by atoms with Gasteiger partial charge in [-0.05, 0) is 21.9 Å². The molecule has 86 valence electrons. The Morgan fingerprint density at radius 2 is 1.47 bits per heavy atom. The summed E-state index contributed by atoms with van der Waals surface area (Å²) in [6.45, 7) is 3.84. The Kier molecular flexibility index (Phi) is 4.05. The van der Waals surface area contributed by atoms with Gasteiger partial charge in [-0.1, -0.05) is 61.2 Å².